The fourth-order valence-corrected chi connectivity index (χ4v) is 6.42. The molecule has 0 spiro atoms. The van der Waals surface area contributed by atoms with E-state index in [9.17, 15) is 4.79 Å². The molecule has 0 saturated carbocycles. The number of methoxy groups -OCH3 is 1. The van der Waals surface area contributed by atoms with Gasteiger partial charge in [0, 0.05) is 31.5 Å². The van der Waals surface area contributed by atoms with Gasteiger partial charge in [-0.2, -0.15) is 0 Å². The van der Waals surface area contributed by atoms with E-state index >= 15 is 0 Å². The molecule has 1 amide bonds. The molecule has 0 aromatic heterocycles. The third kappa shape index (κ3) is 5.53. The molecule has 1 fully saturated rings. The molecule has 1 unspecified atom stereocenters. The lowest BCUT2D eigenvalue weighted by atomic mass is 9.93. The third-order valence-corrected chi connectivity index (χ3v) is 8.65. The fourth-order valence-electron chi connectivity index (χ4n) is 6.42. The number of carbonyl (C=O) groups excluding carboxylic acids is 1. The molecule has 44 heavy (non-hydrogen) atoms. The number of benzene rings is 5. The van der Waals surface area contributed by atoms with E-state index < -0.39 is 0 Å². The number of ether oxygens (including phenoxy) is 3. The van der Waals surface area contributed by atoms with Crippen LogP contribution in [-0.2, 0) is 11.3 Å². The standard InChI is InChI=1S/C38H36N2O4/c1-42-25-28-22-35-36(39-24-29-10-8-18-40(29)38(35)41)23-37(28)44-20-7-6-19-43-30-16-14-26(15-17-30)34-21-27-9-2-3-11-31(27)32-12-4-5-13-33(32)34/h2-5,9,11-17,21-24,29H,6-8,10,18-20,25H2,1H3. The highest BCUT2D eigenvalue weighted by molar-refractivity contribution is 6.13. The number of nitrogens with zero attached hydrogens (tertiary/aromatic N) is 2. The molecule has 6 nitrogen and oxygen atoms in total. The normalized spacial score (nSPS) is 15.8. The number of amides is 1. The molecule has 0 N–H and O–H groups in total. The Labute approximate surface area is 257 Å². The van der Waals surface area contributed by atoms with Gasteiger partial charge in [0.1, 0.15) is 11.5 Å². The van der Waals surface area contributed by atoms with Crippen molar-refractivity contribution in [2.45, 2.75) is 38.3 Å². The molecule has 222 valence electrons. The van der Waals surface area contributed by atoms with Crippen LogP contribution in [0.4, 0.5) is 5.69 Å². The topological polar surface area (TPSA) is 60.4 Å². The summed E-state index contributed by atoms with van der Waals surface area (Å²) >= 11 is 0. The fraction of sp³-hybridized carbons (Fsp3) is 0.263. The second kappa shape index (κ2) is 12.5. The lowest BCUT2D eigenvalue weighted by Crippen LogP contribution is -2.35. The number of fused-ring (bicyclic) bond motifs is 5. The first-order valence-corrected chi connectivity index (χ1v) is 15.5. The van der Waals surface area contributed by atoms with Crippen LogP contribution >= 0.6 is 0 Å². The van der Waals surface area contributed by atoms with Gasteiger partial charge in [0.05, 0.1) is 37.1 Å². The zero-order valence-electron chi connectivity index (χ0n) is 25.0. The van der Waals surface area contributed by atoms with E-state index in [1.54, 1.807) is 7.11 Å². The maximum Gasteiger partial charge on any atom is 0.256 e. The number of aliphatic imine (C=N–C) groups is 1. The molecule has 2 heterocycles. The average molecular weight is 585 g/mol. The summed E-state index contributed by atoms with van der Waals surface area (Å²) in [6.07, 6.45) is 5.58. The molecular weight excluding hydrogens is 548 g/mol. The van der Waals surface area contributed by atoms with Crippen molar-refractivity contribution in [3.05, 3.63) is 102 Å². The molecule has 5 aromatic carbocycles. The van der Waals surface area contributed by atoms with Gasteiger partial charge in [-0.3, -0.25) is 9.79 Å². The molecular formula is C38H36N2O4. The summed E-state index contributed by atoms with van der Waals surface area (Å²) in [4.78, 5) is 19.8. The Balaban J connectivity index is 0.960. The molecule has 5 aromatic rings. The van der Waals surface area contributed by atoms with Gasteiger partial charge in [0.2, 0.25) is 0 Å². The Morgan fingerprint density at radius 3 is 2.39 bits per heavy atom. The summed E-state index contributed by atoms with van der Waals surface area (Å²) in [5.74, 6) is 1.62. The first-order valence-electron chi connectivity index (χ1n) is 15.5. The van der Waals surface area contributed by atoms with Crippen molar-refractivity contribution in [3.63, 3.8) is 0 Å². The van der Waals surface area contributed by atoms with Crippen LogP contribution in [-0.4, -0.2) is 49.9 Å². The van der Waals surface area contributed by atoms with Crippen LogP contribution in [0, 0.1) is 0 Å². The maximum absolute atomic E-state index is 13.2. The van der Waals surface area contributed by atoms with Crippen molar-refractivity contribution in [2.75, 3.05) is 26.9 Å². The van der Waals surface area contributed by atoms with Gasteiger partial charge < -0.3 is 19.1 Å². The van der Waals surface area contributed by atoms with E-state index in [0.29, 0.717) is 31.1 Å². The number of carbonyl (C=O) groups is 1. The lowest BCUT2D eigenvalue weighted by Gasteiger charge is -2.20. The van der Waals surface area contributed by atoms with Crippen molar-refractivity contribution < 1.29 is 19.0 Å². The molecule has 0 aliphatic carbocycles. The van der Waals surface area contributed by atoms with E-state index in [1.807, 2.05) is 23.2 Å². The van der Waals surface area contributed by atoms with E-state index in [0.717, 1.165) is 49.3 Å². The number of rotatable bonds is 10. The largest absolute Gasteiger partial charge is 0.494 e. The predicted octanol–water partition coefficient (Wildman–Crippen LogP) is 8.36. The van der Waals surface area contributed by atoms with Crippen molar-refractivity contribution in [1.82, 2.24) is 4.90 Å². The van der Waals surface area contributed by atoms with Crippen molar-refractivity contribution in [1.29, 1.82) is 0 Å². The Hall–Kier alpha value is -4.68. The van der Waals surface area contributed by atoms with Crippen molar-refractivity contribution >= 4 is 39.4 Å². The summed E-state index contributed by atoms with van der Waals surface area (Å²) in [6, 6.07) is 31.7. The smallest absolute Gasteiger partial charge is 0.256 e. The van der Waals surface area contributed by atoms with Gasteiger partial charge >= 0.3 is 0 Å². The van der Waals surface area contributed by atoms with Gasteiger partial charge in [-0.15, -0.1) is 0 Å². The molecule has 2 aliphatic heterocycles. The molecule has 2 aliphatic rings. The van der Waals surface area contributed by atoms with Gasteiger partial charge in [0.15, 0.2) is 0 Å². The van der Waals surface area contributed by atoms with Crippen LogP contribution in [0.1, 0.15) is 41.6 Å². The van der Waals surface area contributed by atoms with E-state index in [1.165, 1.54) is 32.7 Å². The summed E-state index contributed by atoms with van der Waals surface area (Å²) in [5, 5.41) is 5.04. The predicted molar refractivity (Wildman–Crippen MR) is 176 cm³/mol. The second-order valence-electron chi connectivity index (χ2n) is 11.5. The first kappa shape index (κ1) is 28.1. The van der Waals surface area contributed by atoms with Crippen LogP contribution < -0.4 is 9.47 Å². The number of hydrogen-bond acceptors (Lipinski definition) is 5. The average Bonchev–Trinajstić information content (AvgIpc) is 3.50. The van der Waals surface area contributed by atoms with Crippen LogP contribution in [0.2, 0.25) is 0 Å². The summed E-state index contributed by atoms with van der Waals surface area (Å²) in [7, 11) is 1.65. The van der Waals surface area contributed by atoms with Crippen LogP contribution in [0.5, 0.6) is 11.5 Å². The van der Waals surface area contributed by atoms with Crippen molar-refractivity contribution in [3.8, 4) is 22.6 Å². The highest BCUT2D eigenvalue weighted by atomic mass is 16.5. The summed E-state index contributed by atoms with van der Waals surface area (Å²) in [5.41, 5.74) is 4.56. The molecule has 1 atom stereocenters. The minimum absolute atomic E-state index is 0.0414. The highest BCUT2D eigenvalue weighted by Crippen LogP contribution is 2.36. The van der Waals surface area contributed by atoms with Gasteiger partial charge in [-0.05, 0) is 82.6 Å². The van der Waals surface area contributed by atoms with E-state index in [2.05, 4.69) is 83.9 Å². The minimum Gasteiger partial charge on any atom is -0.494 e. The van der Waals surface area contributed by atoms with Gasteiger partial charge in [-0.25, -0.2) is 0 Å². The zero-order chi connectivity index (χ0) is 29.9. The third-order valence-electron chi connectivity index (χ3n) is 8.65. The Morgan fingerprint density at radius 2 is 1.57 bits per heavy atom. The van der Waals surface area contributed by atoms with Crippen molar-refractivity contribution in [2.24, 2.45) is 4.99 Å². The quantitative estimate of drug-likeness (QED) is 0.122. The summed E-state index contributed by atoms with van der Waals surface area (Å²) in [6.45, 7) is 2.30. The van der Waals surface area contributed by atoms with Crippen LogP contribution in [0.3, 0.4) is 0 Å². The second-order valence-corrected chi connectivity index (χ2v) is 11.5. The molecule has 1 saturated heterocycles. The Morgan fingerprint density at radius 1 is 0.818 bits per heavy atom. The van der Waals surface area contributed by atoms with E-state index in [4.69, 9.17) is 14.2 Å². The Kier molecular flexibility index (Phi) is 7.99. The SMILES string of the molecule is COCc1cc2c(cc1OCCCCOc1ccc(-c3cc4ccccc4c4ccccc34)cc1)N=CC1CCCN1C2=O. The van der Waals surface area contributed by atoms with Gasteiger partial charge in [0.25, 0.3) is 5.91 Å². The first-order chi connectivity index (χ1) is 21.7. The molecule has 0 bridgehead atoms. The molecule has 6 heteroatoms. The number of unbranched alkanes of at least 4 members (excludes halogenated alkanes) is 1. The highest BCUT2D eigenvalue weighted by Gasteiger charge is 2.32. The Bertz CT molecular complexity index is 1850. The zero-order valence-corrected chi connectivity index (χ0v) is 25.0. The minimum atomic E-state index is 0.0414. The monoisotopic (exact) mass is 584 g/mol. The maximum atomic E-state index is 13.2. The molecule has 7 rings (SSSR count). The van der Waals surface area contributed by atoms with E-state index in [-0.39, 0.29) is 11.9 Å². The summed E-state index contributed by atoms with van der Waals surface area (Å²) < 4.78 is 17.7. The number of hydrogen-bond donors (Lipinski definition) is 0. The van der Waals surface area contributed by atoms with Crippen LogP contribution in [0.25, 0.3) is 32.7 Å². The van der Waals surface area contributed by atoms with Crippen LogP contribution in [0.15, 0.2) is 96.0 Å². The molecule has 0 radical (unpaired) electrons. The van der Waals surface area contributed by atoms with Gasteiger partial charge in [-0.1, -0.05) is 60.7 Å². The lowest BCUT2D eigenvalue weighted by molar-refractivity contribution is 0.0774.